The number of hydrogen-bond donors (Lipinski definition) is 2. The number of amides is 2. The van der Waals surface area contributed by atoms with Gasteiger partial charge in [-0.1, -0.05) is 40.9 Å². The Bertz CT molecular complexity index is 750. The van der Waals surface area contributed by atoms with E-state index in [1.165, 1.54) is 0 Å². The van der Waals surface area contributed by atoms with E-state index in [2.05, 4.69) is 33.7 Å². The van der Waals surface area contributed by atoms with Gasteiger partial charge in [0.2, 0.25) is 0 Å². The molecule has 2 N–H and O–H groups in total. The SMILES string of the molecule is CCCCOc1ccc(Br)cc1C(=O)NNC(=O)c1ccc(Cl)cc1. The minimum atomic E-state index is -0.463. The summed E-state index contributed by atoms with van der Waals surface area (Å²) in [7, 11) is 0. The predicted molar refractivity (Wildman–Crippen MR) is 101 cm³/mol. The normalized spacial score (nSPS) is 10.2. The summed E-state index contributed by atoms with van der Waals surface area (Å²) in [4.78, 5) is 24.4. The predicted octanol–water partition coefficient (Wildman–Crippen LogP) is 4.36. The van der Waals surface area contributed by atoms with Crippen LogP contribution in [0.2, 0.25) is 5.02 Å². The van der Waals surface area contributed by atoms with E-state index in [0.717, 1.165) is 17.3 Å². The molecule has 0 spiro atoms. The summed E-state index contributed by atoms with van der Waals surface area (Å²) in [6.45, 7) is 2.58. The van der Waals surface area contributed by atoms with Gasteiger partial charge in [0.25, 0.3) is 11.8 Å². The van der Waals surface area contributed by atoms with Crippen molar-refractivity contribution in [3.63, 3.8) is 0 Å². The molecule has 7 heteroatoms. The zero-order valence-corrected chi connectivity index (χ0v) is 16.0. The molecule has 0 saturated carbocycles. The van der Waals surface area contributed by atoms with Gasteiger partial charge in [0.05, 0.1) is 12.2 Å². The first-order chi connectivity index (χ1) is 12.0. The van der Waals surface area contributed by atoms with Gasteiger partial charge in [0, 0.05) is 15.1 Å². The molecule has 2 aromatic rings. The minimum absolute atomic E-state index is 0.335. The zero-order chi connectivity index (χ0) is 18.2. The second-order valence-corrected chi connectivity index (χ2v) is 6.61. The lowest BCUT2D eigenvalue weighted by atomic mass is 10.2. The molecule has 5 nitrogen and oxygen atoms in total. The molecule has 0 radical (unpaired) electrons. The van der Waals surface area contributed by atoms with E-state index < -0.39 is 11.8 Å². The molecular formula is C18H18BrClN2O3. The maximum absolute atomic E-state index is 12.4. The van der Waals surface area contributed by atoms with Crippen molar-refractivity contribution in [3.05, 3.63) is 63.1 Å². The Morgan fingerprint density at radius 1 is 1.08 bits per heavy atom. The van der Waals surface area contributed by atoms with Gasteiger partial charge in [0.1, 0.15) is 5.75 Å². The summed E-state index contributed by atoms with van der Waals surface area (Å²) in [6.07, 6.45) is 1.89. The number of benzene rings is 2. The van der Waals surface area contributed by atoms with Crippen LogP contribution in [-0.2, 0) is 0 Å². The number of rotatable bonds is 6. The average molecular weight is 426 g/mol. The molecule has 2 amide bonds. The molecule has 0 saturated heterocycles. The third-order valence-corrected chi connectivity index (χ3v) is 4.08. The van der Waals surface area contributed by atoms with Crippen LogP contribution >= 0.6 is 27.5 Å². The highest BCUT2D eigenvalue weighted by Gasteiger charge is 2.15. The van der Waals surface area contributed by atoms with Crippen LogP contribution in [0.25, 0.3) is 0 Å². The Kier molecular flexibility index (Phi) is 7.28. The third-order valence-electron chi connectivity index (χ3n) is 3.34. The maximum atomic E-state index is 12.4. The summed E-state index contributed by atoms with van der Waals surface area (Å²) >= 11 is 9.12. The fourth-order valence-electron chi connectivity index (χ4n) is 1.99. The molecule has 0 aliphatic carbocycles. The highest BCUT2D eigenvalue weighted by Crippen LogP contribution is 2.23. The van der Waals surface area contributed by atoms with Crippen molar-refractivity contribution < 1.29 is 14.3 Å². The van der Waals surface area contributed by atoms with Crippen molar-refractivity contribution in [1.29, 1.82) is 0 Å². The number of unbranched alkanes of at least 4 members (excludes halogenated alkanes) is 1. The molecular weight excluding hydrogens is 408 g/mol. The standard InChI is InChI=1S/C18H18BrClN2O3/c1-2-3-10-25-16-9-6-13(19)11-15(16)18(24)22-21-17(23)12-4-7-14(20)8-5-12/h4-9,11H,2-3,10H2,1H3,(H,21,23)(H,22,24). The Balaban J connectivity index is 2.03. The largest absolute Gasteiger partial charge is 0.493 e. The summed E-state index contributed by atoms with van der Waals surface area (Å²) in [5.41, 5.74) is 5.50. The third kappa shape index (κ3) is 5.76. The van der Waals surface area contributed by atoms with E-state index >= 15 is 0 Å². The Morgan fingerprint density at radius 2 is 1.76 bits per heavy atom. The molecule has 0 aromatic heterocycles. The lowest BCUT2D eigenvalue weighted by molar-refractivity contribution is 0.0844. The van der Waals surface area contributed by atoms with Crippen molar-refractivity contribution in [2.24, 2.45) is 0 Å². The van der Waals surface area contributed by atoms with Gasteiger partial charge in [-0.3, -0.25) is 20.4 Å². The van der Waals surface area contributed by atoms with E-state index in [9.17, 15) is 9.59 Å². The zero-order valence-electron chi connectivity index (χ0n) is 13.6. The summed E-state index contributed by atoms with van der Waals surface area (Å²) in [6, 6.07) is 11.5. The first kappa shape index (κ1) is 19.3. The molecule has 0 fully saturated rings. The summed E-state index contributed by atoms with van der Waals surface area (Å²) in [5.74, 6) is -0.432. The molecule has 25 heavy (non-hydrogen) atoms. The van der Waals surface area contributed by atoms with Gasteiger partial charge in [-0.15, -0.1) is 0 Å². The van der Waals surface area contributed by atoms with Gasteiger partial charge >= 0.3 is 0 Å². The van der Waals surface area contributed by atoms with Crippen LogP contribution in [0.15, 0.2) is 46.9 Å². The Hall–Kier alpha value is -2.05. The molecule has 0 heterocycles. The highest BCUT2D eigenvalue weighted by molar-refractivity contribution is 9.10. The maximum Gasteiger partial charge on any atom is 0.273 e. The smallest absolute Gasteiger partial charge is 0.273 e. The monoisotopic (exact) mass is 424 g/mol. The lowest BCUT2D eigenvalue weighted by Gasteiger charge is -2.12. The molecule has 0 bridgehead atoms. The van der Waals surface area contributed by atoms with E-state index in [1.54, 1.807) is 42.5 Å². The van der Waals surface area contributed by atoms with Gasteiger partial charge < -0.3 is 4.74 Å². The molecule has 0 aliphatic heterocycles. The fourth-order valence-corrected chi connectivity index (χ4v) is 2.47. The van der Waals surface area contributed by atoms with Crippen LogP contribution < -0.4 is 15.6 Å². The molecule has 132 valence electrons. The van der Waals surface area contributed by atoms with Crippen molar-refractivity contribution in [2.75, 3.05) is 6.61 Å². The number of carbonyl (C=O) groups is 2. The van der Waals surface area contributed by atoms with Crippen LogP contribution in [0, 0.1) is 0 Å². The van der Waals surface area contributed by atoms with Gasteiger partial charge in [-0.05, 0) is 48.9 Å². The molecule has 0 atom stereocenters. The number of hydrazine groups is 1. The van der Waals surface area contributed by atoms with Crippen LogP contribution in [-0.4, -0.2) is 18.4 Å². The number of nitrogens with one attached hydrogen (secondary N) is 2. The Morgan fingerprint density at radius 3 is 2.44 bits per heavy atom. The first-order valence-electron chi connectivity index (χ1n) is 7.80. The van der Waals surface area contributed by atoms with Crippen molar-refractivity contribution in [2.45, 2.75) is 19.8 Å². The number of ether oxygens (including phenoxy) is 1. The number of carbonyl (C=O) groups excluding carboxylic acids is 2. The van der Waals surface area contributed by atoms with Crippen LogP contribution in [0.1, 0.15) is 40.5 Å². The summed E-state index contributed by atoms with van der Waals surface area (Å²) in [5, 5.41) is 0.531. The second-order valence-electron chi connectivity index (χ2n) is 5.26. The van der Waals surface area contributed by atoms with Gasteiger partial charge in [0.15, 0.2) is 0 Å². The lowest BCUT2D eigenvalue weighted by Crippen LogP contribution is -2.41. The van der Waals surface area contributed by atoms with Crippen molar-refractivity contribution in [1.82, 2.24) is 10.9 Å². The summed E-state index contributed by atoms with van der Waals surface area (Å²) < 4.78 is 6.39. The quantitative estimate of drug-likeness (QED) is 0.534. The van der Waals surface area contributed by atoms with E-state index in [1.807, 2.05) is 0 Å². The number of halogens is 2. The van der Waals surface area contributed by atoms with Gasteiger partial charge in [-0.25, -0.2) is 0 Å². The van der Waals surface area contributed by atoms with Crippen molar-refractivity contribution in [3.8, 4) is 5.75 Å². The topological polar surface area (TPSA) is 67.4 Å². The average Bonchev–Trinajstić information content (AvgIpc) is 2.61. The first-order valence-corrected chi connectivity index (χ1v) is 8.97. The van der Waals surface area contributed by atoms with E-state index in [-0.39, 0.29) is 0 Å². The molecule has 0 aliphatic rings. The van der Waals surface area contributed by atoms with Gasteiger partial charge in [-0.2, -0.15) is 0 Å². The van der Waals surface area contributed by atoms with Crippen LogP contribution in [0.4, 0.5) is 0 Å². The highest BCUT2D eigenvalue weighted by atomic mass is 79.9. The fraction of sp³-hybridized carbons (Fsp3) is 0.222. The molecule has 0 unspecified atom stereocenters. The van der Waals surface area contributed by atoms with E-state index in [0.29, 0.717) is 28.5 Å². The van der Waals surface area contributed by atoms with Crippen LogP contribution in [0.3, 0.4) is 0 Å². The minimum Gasteiger partial charge on any atom is -0.493 e. The number of hydrogen-bond acceptors (Lipinski definition) is 3. The molecule has 2 rings (SSSR count). The van der Waals surface area contributed by atoms with E-state index in [4.69, 9.17) is 16.3 Å². The van der Waals surface area contributed by atoms with Crippen LogP contribution in [0.5, 0.6) is 5.75 Å². The van der Waals surface area contributed by atoms with Crippen molar-refractivity contribution >= 4 is 39.3 Å². The second kappa shape index (κ2) is 9.44. The molecule has 2 aromatic carbocycles. The Labute approximate surface area is 159 Å².